The van der Waals surface area contributed by atoms with Gasteiger partial charge in [0.2, 0.25) is 5.91 Å². The molecule has 0 aliphatic rings. The van der Waals surface area contributed by atoms with E-state index in [0.29, 0.717) is 6.42 Å². The van der Waals surface area contributed by atoms with Crippen LogP contribution in [-0.4, -0.2) is 54.3 Å². The van der Waals surface area contributed by atoms with Gasteiger partial charge in [0, 0.05) is 19.4 Å². The number of carbonyl (C=O) groups is 2. The van der Waals surface area contributed by atoms with Gasteiger partial charge in [-0.15, -0.1) is 0 Å². The van der Waals surface area contributed by atoms with Crippen LogP contribution < -0.4 is 5.32 Å². The summed E-state index contributed by atoms with van der Waals surface area (Å²) >= 11 is 0. The number of carbonyl (C=O) groups excluding carboxylic acids is 2. The van der Waals surface area contributed by atoms with Crippen LogP contribution in [0.2, 0.25) is 0 Å². The molecule has 0 bridgehead atoms. The van der Waals surface area contributed by atoms with Gasteiger partial charge in [-0.3, -0.25) is 18.6 Å². The fraction of sp³-hybridized carbons (Fsp3) is 0.686. The molecule has 1 amide bonds. The summed E-state index contributed by atoms with van der Waals surface area (Å²) in [6.45, 7) is 3.39. The van der Waals surface area contributed by atoms with Gasteiger partial charge >= 0.3 is 13.8 Å². The van der Waals surface area contributed by atoms with Gasteiger partial charge < -0.3 is 20.1 Å². The molecule has 3 N–H and O–H groups in total. The highest BCUT2D eigenvalue weighted by Gasteiger charge is 2.23. The summed E-state index contributed by atoms with van der Waals surface area (Å²) in [6.07, 6.45) is 59.4. The average molecular weight is 874 g/mol. The number of phosphoric acid groups is 1. The van der Waals surface area contributed by atoms with Crippen molar-refractivity contribution < 1.29 is 37.9 Å². The lowest BCUT2D eigenvalue weighted by molar-refractivity contribution is -0.147. The maximum atomic E-state index is 12.1. The standard InChI is InChI=1S/C51H88NO8P/c1-3-5-7-9-11-13-15-17-19-21-22-23-24-25-26-28-29-31-33-35-37-39-41-43-50(54)52-45-46-59-61(56,57)60-48-49(53)47-58-51(55)44-42-40-38-36-34-32-30-27-20-18-16-14-12-10-8-6-4-2/h5,7,11-14,17-20,22-23,25-26,49,53H,3-4,6,8-10,15-16,21,24,27-48H2,1-2H3,(H,52,54)(H,56,57)/b7-5-,13-11-,14-12-,19-17-,20-18-,23-22-,26-25-. The number of aliphatic hydroxyl groups is 1. The Labute approximate surface area is 373 Å². The van der Waals surface area contributed by atoms with Gasteiger partial charge in [0.25, 0.3) is 0 Å². The number of hydrogen-bond acceptors (Lipinski definition) is 7. The van der Waals surface area contributed by atoms with Gasteiger partial charge in [-0.1, -0.05) is 176 Å². The van der Waals surface area contributed by atoms with Gasteiger partial charge in [-0.05, 0) is 89.9 Å². The molecular formula is C51H88NO8P. The quantitative estimate of drug-likeness (QED) is 0.0239. The maximum Gasteiger partial charge on any atom is 0.472 e. The van der Waals surface area contributed by atoms with Crippen molar-refractivity contribution in [2.24, 2.45) is 0 Å². The van der Waals surface area contributed by atoms with E-state index in [2.05, 4.69) is 104 Å². The lowest BCUT2D eigenvalue weighted by Gasteiger charge is -2.15. The van der Waals surface area contributed by atoms with E-state index in [4.69, 9.17) is 13.8 Å². The van der Waals surface area contributed by atoms with Gasteiger partial charge in [0.1, 0.15) is 12.7 Å². The van der Waals surface area contributed by atoms with Crippen molar-refractivity contribution >= 4 is 19.7 Å². The molecule has 9 nitrogen and oxygen atoms in total. The fourth-order valence-corrected chi connectivity index (χ4v) is 6.96. The molecule has 2 unspecified atom stereocenters. The van der Waals surface area contributed by atoms with Crippen LogP contribution in [0.4, 0.5) is 0 Å². The number of aliphatic hydroxyl groups excluding tert-OH is 1. The van der Waals surface area contributed by atoms with Crippen LogP contribution in [0.1, 0.15) is 194 Å². The Morgan fingerprint density at radius 1 is 0.525 bits per heavy atom. The second kappa shape index (κ2) is 46.7. The predicted molar refractivity (Wildman–Crippen MR) is 256 cm³/mol. The highest BCUT2D eigenvalue weighted by Crippen LogP contribution is 2.42. The van der Waals surface area contributed by atoms with Crippen LogP contribution in [0.25, 0.3) is 0 Å². The number of esters is 1. The molecule has 0 aliphatic carbocycles. The third-order valence-electron chi connectivity index (χ3n) is 9.81. The summed E-state index contributed by atoms with van der Waals surface area (Å²) in [7, 11) is -4.43. The largest absolute Gasteiger partial charge is 0.472 e. The molecule has 0 rings (SSSR count). The van der Waals surface area contributed by atoms with E-state index in [-0.39, 0.29) is 32.1 Å². The fourth-order valence-electron chi connectivity index (χ4n) is 6.20. The smallest absolute Gasteiger partial charge is 0.463 e. The van der Waals surface area contributed by atoms with Crippen LogP contribution in [0, 0.1) is 0 Å². The normalized spacial score (nSPS) is 14.0. The molecule has 10 heteroatoms. The third kappa shape index (κ3) is 48.1. The highest BCUT2D eigenvalue weighted by atomic mass is 31.2. The lowest BCUT2D eigenvalue weighted by Crippen LogP contribution is -2.27. The number of ether oxygens (including phenoxy) is 1. The van der Waals surface area contributed by atoms with Crippen LogP contribution in [0.5, 0.6) is 0 Å². The van der Waals surface area contributed by atoms with Crippen LogP contribution >= 0.6 is 7.82 Å². The molecule has 0 heterocycles. The van der Waals surface area contributed by atoms with E-state index in [9.17, 15) is 24.2 Å². The van der Waals surface area contributed by atoms with Crippen molar-refractivity contribution in [2.45, 2.75) is 200 Å². The number of unbranched alkanes of at least 4 members (excludes halogenated alkanes) is 17. The Bertz CT molecular complexity index is 1270. The zero-order valence-electron chi connectivity index (χ0n) is 38.6. The Kier molecular flexibility index (Phi) is 44.5. The Balaban J connectivity index is 3.63. The number of rotatable bonds is 44. The molecule has 0 aromatic heterocycles. The van der Waals surface area contributed by atoms with Gasteiger partial charge in [0.15, 0.2) is 0 Å². The lowest BCUT2D eigenvalue weighted by atomic mass is 10.1. The molecule has 0 spiro atoms. The van der Waals surface area contributed by atoms with E-state index in [1.165, 1.54) is 70.6 Å². The molecule has 0 radical (unpaired) electrons. The first-order valence-corrected chi connectivity index (χ1v) is 25.6. The van der Waals surface area contributed by atoms with Crippen molar-refractivity contribution in [1.82, 2.24) is 5.32 Å². The third-order valence-corrected chi connectivity index (χ3v) is 10.8. The molecule has 0 fully saturated rings. The first-order valence-electron chi connectivity index (χ1n) is 24.1. The average Bonchev–Trinajstić information content (AvgIpc) is 3.25. The molecule has 0 aliphatic heterocycles. The summed E-state index contributed by atoms with van der Waals surface area (Å²) < 4.78 is 26.9. The number of amides is 1. The van der Waals surface area contributed by atoms with Crippen molar-refractivity contribution in [1.29, 1.82) is 0 Å². The van der Waals surface area contributed by atoms with E-state index in [0.717, 1.165) is 96.3 Å². The number of nitrogens with one attached hydrogen (secondary N) is 1. The summed E-state index contributed by atoms with van der Waals surface area (Å²) in [5.41, 5.74) is 0. The van der Waals surface area contributed by atoms with E-state index < -0.39 is 26.5 Å². The molecule has 0 saturated heterocycles. The summed E-state index contributed by atoms with van der Waals surface area (Å²) in [4.78, 5) is 34.0. The molecule has 0 aromatic rings. The number of phosphoric ester groups is 1. The second-order valence-electron chi connectivity index (χ2n) is 15.7. The van der Waals surface area contributed by atoms with Crippen molar-refractivity contribution in [2.75, 3.05) is 26.4 Å². The molecule has 0 saturated carbocycles. The summed E-state index contributed by atoms with van der Waals surface area (Å²) in [6, 6.07) is 0. The van der Waals surface area contributed by atoms with Crippen molar-refractivity contribution in [3.8, 4) is 0 Å². The van der Waals surface area contributed by atoms with E-state index >= 15 is 0 Å². The second-order valence-corrected chi connectivity index (χ2v) is 17.1. The van der Waals surface area contributed by atoms with E-state index in [1.807, 2.05) is 0 Å². The minimum atomic E-state index is -4.43. The van der Waals surface area contributed by atoms with Crippen LogP contribution in [0.15, 0.2) is 85.1 Å². The number of hydrogen-bond donors (Lipinski definition) is 3. The first-order chi connectivity index (χ1) is 29.8. The zero-order chi connectivity index (χ0) is 44.6. The summed E-state index contributed by atoms with van der Waals surface area (Å²) in [5.74, 6) is -0.540. The maximum absolute atomic E-state index is 12.1. The molecular weight excluding hydrogens is 786 g/mol. The SMILES string of the molecule is CC/C=C\C/C=C\C/C=C\C/C=C\C/C=C\CCCCCCCCCC(=O)NCCOP(=O)(O)OCC(O)COC(=O)CCCCCCCCC/C=C\C/C=C\CCCCC. The van der Waals surface area contributed by atoms with Gasteiger partial charge in [-0.25, -0.2) is 4.57 Å². The molecule has 0 aromatic carbocycles. The van der Waals surface area contributed by atoms with Gasteiger partial charge in [-0.2, -0.15) is 0 Å². The number of allylic oxidation sites excluding steroid dienone is 14. The van der Waals surface area contributed by atoms with Crippen LogP contribution in [-0.2, 0) is 27.9 Å². The Morgan fingerprint density at radius 2 is 0.934 bits per heavy atom. The van der Waals surface area contributed by atoms with Crippen molar-refractivity contribution in [3.05, 3.63) is 85.1 Å². The minimum Gasteiger partial charge on any atom is -0.463 e. The monoisotopic (exact) mass is 874 g/mol. The van der Waals surface area contributed by atoms with Crippen molar-refractivity contribution in [3.63, 3.8) is 0 Å². The first kappa shape index (κ1) is 58.2. The molecule has 61 heavy (non-hydrogen) atoms. The Morgan fingerprint density at radius 3 is 1.41 bits per heavy atom. The Hall–Kier alpha value is -2.81. The topological polar surface area (TPSA) is 131 Å². The highest BCUT2D eigenvalue weighted by molar-refractivity contribution is 7.47. The zero-order valence-corrected chi connectivity index (χ0v) is 39.5. The predicted octanol–water partition coefficient (Wildman–Crippen LogP) is 14.0. The van der Waals surface area contributed by atoms with Gasteiger partial charge in [0.05, 0.1) is 13.2 Å². The summed E-state index contributed by atoms with van der Waals surface area (Å²) in [5, 5.41) is 12.7. The minimum absolute atomic E-state index is 0.0694. The molecule has 350 valence electrons. The van der Waals surface area contributed by atoms with E-state index in [1.54, 1.807) is 0 Å². The molecule has 2 atom stereocenters. The van der Waals surface area contributed by atoms with Crippen LogP contribution in [0.3, 0.4) is 0 Å².